The number of carbonyl (C=O) groups is 1. The Bertz CT molecular complexity index is 1010. The molecule has 2 unspecified atom stereocenters. The maximum atomic E-state index is 11.7. The Labute approximate surface area is 151 Å². The van der Waals surface area contributed by atoms with Gasteiger partial charge in [0.2, 0.25) is 11.8 Å². The molecule has 2 atom stereocenters. The average Bonchev–Trinajstić information content (AvgIpc) is 3.31. The van der Waals surface area contributed by atoms with Gasteiger partial charge in [0.1, 0.15) is 5.82 Å². The molecule has 132 valence electrons. The predicted molar refractivity (Wildman–Crippen MR) is 98.0 cm³/mol. The lowest BCUT2D eigenvalue weighted by Gasteiger charge is -2.14. The highest BCUT2D eigenvalue weighted by molar-refractivity contribution is 5.83. The van der Waals surface area contributed by atoms with Gasteiger partial charge in [0.25, 0.3) is 0 Å². The SMILES string of the molecule is COc1ccc(-c2ccc3nc4n(c3c2)CC2CN(C(C)=O)CC42)cn1. The number of amides is 1. The molecule has 26 heavy (non-hydrogen) atoms. The van der Waals surface area contributed by atoms with Crippen LogP contribution >= 0.6 is 0 Å². The van der Waals surface area contributed by atoms with Crippen molar-refractivity contribution in [2.24, 2.45) is 5.92 Å². The smallest absolute Gasteiger partial charge is 0.219 e. The normalized spacial score (nSPS) is 21.1. The Kier molecular flexibility index (Phi) is 3.29. The van der Waals surface area contributed by atoms with E-state index in [4.69, 9.17) is 9.72 Å². The fourth-order valence-corrected chi connectivity index (χ4v) is 4.31. The fourth-order valence-electron chi connectivity index (χ4n) is 4.31. The van der Waals surface area contributed by atoms with Gasteiger partial charge in [-0.05, 0) is 23.8 Å². The van der Waals surface area contributed by atoms with Crippen molar-refractivity contribution in [3.63, 3.8) is 0 Å². The molecule has 0 spiro atoms. The highest BCUT2D eigenvalue weighted by Gasteiger charge is 2.42. The van der Waals surface area contributed by atoms with Crippen LogP contribution < -0.4 is 4.74 Å². The molecule has 0 radical (unpaired) electrons. The molecule has 2 aliphatic rings. The monoisotopic (exact) mass is 348 g/mol. The van der Waals surface area contributed by atoms with Crippen LogP contribution in [0.3, 0.4) is 0 Å². The maximum Gasteiger partial charge on any atom is 0.219 e. The summed E-state index contributed by atoms with van der Waals surface area (Å²) in [7, 11) is 1.62. The standard InChI is InChI=1S/C20H20N4O2/c1-12(25)23-9-15-10-24-18-7-13(14-4-6-19(26-2)21-8-14)3-5-17(18)22-20(24)16(15)11-23/h3-8,15-16H,9-11H2,1-2H3. The van der Waals surface area contributed by atoms with E-state index in [0.717, 1.165) is 47.6 Å². The summed E-state index contributed by atoms with van der Waals surface area (Å²) in [5, 5.41) is 0. The molecule has 1 fully saturated rings. The van der Waals surface area contributed by atoms with Crippen molar-refractivity contribution >= 4 is 16.9 Å². The van der Waals surface area contributed by atoms with Crippen molar-refractivity contribution in [3.8, 4) is 17.0 Å². The second kappa shape index (κ2) is 5.56. The molecule has 0 bridgehead atoms. The number of nitrogens with zero attached hydrogens (tertiary/aromatic N) is 4. The molecule has 6 nitrogen and oxygen atoms in total. The fraction of sp³-hybridized carbons (Fsp3) is 0.350. The second-order valence-electron chi connectivity index (χ2n) is 7.16. The van der Waals surface area contributed by atoms with Gasteiger partial charge in [0.05, 0.1) is 18.1 Å². The minimum absolute atomic E-state index is 0.163. The molecule has 1 aromatic carbocycles. The zero-order valence-corrected chi connectivity index (χ0v) is 14.8. The number of likely N-dealkylation sites (tertiary alicyclic amines) is 1. The van der Waals surface area contributed by atoms with E-state index in [9.17, 15) is 4.79 Å². The van der Waals surface area contributed by atoms with Gasteiger partial charge in [-0.15, -0.1) is 0 Å². The number of hydrogen-bond acceptors (Lipinski definition) is 4. The van der Waals surface area contributed by atoms with E-state index >= 15 is 0 Å². The Morgan fingerprint density at radius 1 is 1.15 bits per heavy atom. The quantitative estimate of drug-likeness (QED) is 0.714. The van der Waals surface area contributed by atoms with Crippen LogP contribution in [0, 0.1) is 5.92 Å². The summed E-state index contributed by atoms with van der Waals surface area (Å²) in [6.07, 6.45) is 1.83. The summed E-state index contributed by atoms with van der Waals surface area (Å²) in [6, 6.07) is 10.3. The van der Waals surface area contributed by atoms with Crippen molar-refractivity contribution < 1.29 is 9.53 Å². The number of rotatable bonds is 2. The largest absolute Gasteiger partial charge is 0.481 e. The van der Waals surface area contributed by atoms with E-state index in [1.807, 2.05) is 23.2 Å². The molecule has 2 aromatic heterocycles. The van der Waals surface area contributed by atoms with Crippen molar-refractivity contribution in [3.05, 3.63) is 42.4 Å². The Morgan fingerprint density at radius 2 is 2.00 bits per heavy atom. The van der Waals surface area contributed by atoms with Crippen molar-refractivity contribution in [2.45, 2.75) is 19.4 Å². The van der Waals surface area contributed by atoms with E-state index in [1.54, 1.807) is 14.0 Å². The average molecular weight is 348 g/mol. The molecular weight excluding hydrogens is 328 g/mol. The van der Waals surface area contributed by atoms with Crippen LogP contribution in [-0.4, -0.2) is 45.5 Å². The third-order valence-electron chi connectivity index (χ3n) is 5.69. The number of aromatic nitrogens is 3. The van der Waals surface area contributed by atoms with E-state index < -0.39 is 0 Å². The molecule has 0 saturated carbocycles. The molecule has 6 heteroatoms. The first kappa shape index (κ1) is 15.4. The van der Waals surface area contributed by atoms with Crippen LogP contribution in [0.4, 0.5) is 0 Å². The van der Waals surface area contributed by atoms with Gasteiger partial charge in [-0.1, -0.05) is 6.07 Å². The number of imidazole rings is 1. The van der Waals surface area contributed by atoms with Gasteiger partial charge >= 0.3 is 0 Å². The number of ether oxygens (including phenoxy) is 1. The molecule has 1 amide bonds. The number of carbonyl (C=O) groups excluding carboxylic acids is 1. The Hall–Kier alpha value is -2.89. The van der Waals surface area contributed by atoms with E-state index in [0.29, 0.717) is 17.7 Å². The minimum Gasteiger partial charge on any atom is -0.481 e. The van der Waals surface area contributed by atoms with Crippen LogP contribution in [0.5, 0.6) is 5.88 Å². The summed E-state index contributed by atoms with van der Waals surface area (Å²) < 4.78 is 7.47. The van der Waals surface area contributed by atoms with Gasteiger partial charge in [0.15, 0.2) is 0 Å². The van der Waals surface area contributed by atoms with E-state index in [1.165, 1.54) is 0 Å². The van der Waals surface area contributed by atoms with E-state index in [-0.39, 0.29) is 5.91 Å². The number of pyridine rings is 1. The Balaban J connectivity index is 1.53. The lowest BCUT2D eigenvalue weighted by molar-refractivity contribution is -0.128. The molecule has 4 heterocycles. The lowest BCUT2D eigenvalue weighted by atomic mass is 9.99. The number of fused-ring (bicyclic) bond motifs is 5. The van der Waals surface area contributed by atoms with Crippen molar-refractivity contribution in [1.29, 1.82) is 0 Å². The zero-order valence-electron chi connectivity index (χ0n) is 14.8. The van der Waals surface area contributed by atoms with Gasteiger partial charge < -0.3 is 14.2 Å². The predicted octanol–water partition coefficient (Wildman–Crippen LogP) is 2.68. The number of benzene rings is 1. The molecule has 0 aliphatic carbocycles. The third kappa shape index (κ3) is 2.21. The van der Waals surface area contributed by atoms with Crippen LogP contribution in [-0.2, 0) is 11.3 Å². The molecule has 2 aliphatic heterocycles. The van der Waals surface area contributed by atoms with Crippen LogP contribution in [0.2, 0.25) is 0 Å². The maximum absolute atomic E-state index is 11.7. The zero-order chi connectivity index (χ0) is 17.8. The van der Waals surface area contributed by atoms with Crippen molar-refractivity contribution in [2.75, 3.05) is 20.2 Å². The van der Waals surface area contributed by atoms with Gasteiger partial charge in [0, 0.05) is 56.2 Å². The molecule has 1 saturated heterocycles. The number of hydrogen-bond donors (Lipinski definition) is 0. The first-order valence-electron chi connectivity index (χ1n) is 8.90. The molecule has 3 aromatic rings. The van der Waals surface area contributed by atoms with E-state index in [2.05, 4.69) is 27.8 Å². The van der Waals surface area contributed by atoms with Crippen LogP contribution in [0.1, 0.15) is 18.7 Å². The third-order valence-corrected chi connectivity index (χ3v) is 5.69. The molecular formula is C20H20N4O2. The topological polar surface area (TPSA) is 60.2 Å². The lowest BCUT2D eigenvalue weighted by Crippen LogP contribution is -2.27. The second-order valence-corrected chi connectivity index (χ2v) is 7.16. The summed E-state index contributed by atoms with van der Waals surface area (Å²) in [6.45, 7) is 4.22. The first-order valence-corrected chi connectivity index (χ1v) is 8.90. The van der Waals surface area contributed by atoms with Crippen LogP contribution in [0.25, 0.3) is 22.2 Å². The summed E-state index contributed by atoms with van der Waals surface area (Å²) >= 11 is 0. The molecule has 0 N–H and O–H groups in total. The molecule has 5 rings (SSSR count). The minimum atomic E-state index is 0.163. The van der Waals surface area contributed by atoms with Crippen LogP contribution in [0.15, 0.2) is 36.5 Å². The Morgan fingerprint density at radius 3 is 2.73 bits per heavy atom. The van der Waals surface area contributed by atoms with Gasteiger partial charge in [-0.3, -0.25) is 4.79 Å². The summed E-state index contributed by atoms with van der Waals surface area (Å²) in [5.74, 6) is 2.74. The van der Waals surface area contributed by atoms with Gasteiger partial charge in [-0.2, -0.15) is 0 Å². The first-order chi connectivity index (χ1) is 12.6. The highest BCUT2D eigenvalue weighted by Crippen LogP contribution is 2.41. The summed E-state index contributed by atoms with van der Waals surface area (Å²) in [5.41, 5.74) is 4.36. The number of methoxy groups -OCH3 is 1. The highest BCUT2D eigenvalue weighted by atomic mass is 16.5. The summed E-state index contributed by atoms with van der Waals surface area (Å²) in [4.78, 5) is 22.8. The van der Waals surface area contributed by atoms with Gasteiger partial charge in [-0.25, -0.2) is 9.97 Å². The van der Waals surface area contributed by atoms with Crippen molar-refractivity contribution in [1.82, 2.24) is 19.4 Å².